The van der Waals surface area contributed by atoms with Crippen molar-refractivity contribution in [3.8, 4) is 0 Å². The number of rotatable bonds is 4. The fourth-order valence-electron chi connectivity index (χ4n) is 5.51. The largest absolute Gasteiger partial charge is 0.501 e. The Bertz CT molecular complexity index is 1700. The number of nitrogens with zero attached hydrogens (tertiary/aromatic N) is 6. The second-order valence-corrected chi connectivity index (χ2v) is 11.0. The number of ether oxygens (including phenoxy) is 2. The summed E-state index contributed by atoms with van der Waals surface area (Å²) in [4.78, 5) is 11.8. The van der Waals surface area contributed by atoms with E-state index in [1.54, 1.807) is 26.6 Å². The van der Waals surface area contributed by atoms with E-state index >= 15 is 0 Å². The number of methoxy groups -OCH3 is 2. The number of guanidine groups is 1. The van der Waals surface area contributed by atoms with Gasteiger partial charge in [0.1, 0.15) is 23.3 Å². The minimum absolute atomic E-state index is 0.396. The molecule has 0 radical (unpaired) electrons. The molecule has 2 N–H and O–H groups in total. The summed E-state index contributed by atoms with van der Waals surface area (Å²) < 4.78 is 12.9. The Morgan fingerprint density at radius 1 is 1.07 bits per heavy atom. The van der Waals surface area contributed by atoms with Crippen LogP contribution in [0, 0.1) is 0 Å². The SMILES string of the molecule is COC1=CC(OC)=C(Cl)C(=c2cc3c(n4cnnc24)=NC(Nc2ccc(N4C[C@@H](C)N[C@@H](C)C4)c(Cl)c2)=NC3)C1. The van der Waals surface area contributed by atoms with E-state index in [0.29, 0.717) is 58.0 Å². The maximum absolute atomic E-state index is 6.74. The highest BCUT2D eigenvalue weighted by molar-refractivity contribution is 6.36. The van der Waals surface area contributed by atoms with Gasteiger partial charge in [-0.1, -0.05) is 23.2 Å². The highest BCUT2D eigenvalue weighted by Gasteiger charge is 2.24. The molecular weight excluding hydrogens is 551 g/mol. The van der Waals surface area contributed by atoms with Crippen LogP contribution < -0.4 is 26.2 Å². The molecule has 208 valence electrons. The molecule has 2 atom stereocenters. The van der Waals surface area contributed by atoms with E-state index in [4.69, 9.17) is 42.7 Å². The average Bonchev–Trinajstić information content (AvgIpc) is 3.43. The molecule has 0 saturated carbocycles. The number of anilines is 2. The van der Waals surface area contributed by atoms with E-state index in [0.717, 1.165) is 46.6 Å². The van der Waals surface area contributed by atoms with Gasteiger partial charge in [0.2, 0.25) is 5.96 Å². The van der Waals surface area contributed by atoms with Gasteiger partial charge in [-0.3, -0.25) is 4.40 Å². The van der Waals surface area contributed by atoms with Gasteiger partial charge < -0.3 is 25.0 Å². The molecule has 0 unspecified atom stereocenters. The van der Waals surface area contributed by atoms with E-state index in [9.17, 15) is 0 Å². The smallest absolute Gasteiger partial charge is 0.224 e. The van der Waals surface area contributed by atoms with Crippen LogP contribution in [-0.4, -0.2) is 60.0 Å². The Labute approximate surface area is 241 Å². The van der Waals surface area contributed by atoms with Crippen molar-refractivity contribution >= 4 is 51.8 Å². The van der Waals surface area contributed by atoms with Gasteiger partial charge in [-0.05, 0) is 43.7 Å². The van der Waals surface area contributed by atoms with Gasteiger partial charge in [0.25, 0.3) is 0 Å². The maximum atomic E-state index is 6.74. The standard InChI is InChI=1S/C28H30Cl2N8O2/c1-15-12-37(13-16(2)33-15)23-6-5-18(8-22(23)29)34-28-31-11-17-7-21(27-36-32-14-38(27)26(17)35-28)20-9-19(39-3)10-24(40-4)25(20)30/h5-8,10,14-16,33H,9,11-13H2,1-4H3,(H,31,34)/t15-,16+. The number of piperazine rings is 1. The van der Waals surface area contributed by atoms with Crippen LogP contribution in [0.1, 0.15) is 25.8 Å². The summed E-state index contributed by atoms with van der Waals surface area (Å²) in [6.45, 7) is 6.61. The predicted molar refractivity (Wildman–Crippen MR) is 157 cm³/mol. The van der Waals surface area contributed by atoms with Crippen molar-refractivity contribution in [2.24, 2.45) is 9.98 Å². The third-order valence-electron chi connectivity index (χ3n) is 7.27. The number of hydrogen-bond donors (Lipinski definition) is 2. The average molecular weight is 582 g/mol. The molecule has 3 aliphatic rings. The molecule has 2 aromatic heterocycles. The first-order valence-electron chi connectivity index (χ1n) is 13.1. The zero-order chi connectivity index (χ0) is 28.0. The third kappa shape index (κ3) is 4.91. The summed E-state index contributed by atoms with van der Waals surface area (Å²) in [7, 11) is 3.21. The van der Waals surface area contributed by atoms with E-state index in [2.05, 4.69) is 39.6 Å². The van der Waals surface area contributed by atoms with Crippen LogP contribution in [0.15, 0.2) is 63.2 Å². The number of aliphatic imine (C=N–C) groups is 1. The second-order valence-electron chi connectivity index (χ2n) is 10.2. The van der Waals surface area contributed by atoms with E-state index < -0.39 is 0 Å². The molecule has 0 spiro atoms. The minimum atomic E-state index is 0.396. The van der Waals surface area contributed by atoms with Crippen molar-refractivity contribution in [1.82, 2.24) is 19.9 Å². The summed E-state index contributed by atoms with van der Waals surface area (Å²) >= 11 is 13.5. The number of nitrogens with one attached hydrogen (secondary N) is 2. The van der Waals surface area contributed by atoms with E-state index in [-0.39, 0.29) is 0 Å². The molecule has 0 bridgehead atoms. The molecule has 1 saturated heterocycles. The number of allylic oxidation sites excluding steroid dienone is 3. The first kappa shape index (κ1) is 26.6. The molecule has 4 heterocycles. The van der Waals surface area contributed by atoms with Gasteiger partial charge in [-0.2, -0.15) is 4.99 Å². The van der Waals surface area contributed by atoms with Gasteiger partial charge in [-0.15, -0.1) is 10.2 Å². The molecule has 1 fully saturated rings. The minimum Gasteiger partial charge on any atom is -0.501 e. The third-order valence-corrected chi connectivity index (χ3v) is 7.98. The lowest BCUT2D eigenvalue weighted by Gasteiger charge is -2.38. The van der Waals surface area contributed by atoms with Crippen LogP contribution in [0.5, 0.6) is 0 Å². The summed E-state index contributed by atoms with van der Waals surface area (Å²) in [5, 5.41) is 17.5. The topological polar surface area (TPSA) is 101 Å². The Morgan fingerprint density at radius 3 is 2.60 bits per heavy atom. The predicted octanol–water partition coefficient (Wildman–Crippen LogP) is 3.35. The Kier molecular flexibility index (Phi) is 7.16. The Hall–Kier alpha value is -3.60. The van der Waals surface area contributed by atoms with Crippen molar-refractivity contribution in [1.29, 1.82) is 0 Å². The van der Waals surface area contributed by atoms with Crippen LogP contribution in [0.2, 0.25) is 5.02 Å². The second kappa shape index (κ2) is 10.8. The van der Waals surface area contributed by atoms with Crippen LogP contribution in [0.4, 0.5) is 11.4 Å². The van der Waals surface area contributed by atoms with Crippen LogP contribution in [0.25, 0.3) is 11.2 Å². The molecule has 0 amide bonds. The zero-order valence-corrected chi connectivity index (χ0v) is 24.2. The molecule has 6 rings (SSSR count). The number of hydrogen-bond acceptors (Lipinski definition) is 9. The quantitative estimate of drug-likeness (QED) is 0.488. The number of fused-ring (bicyclic) bond motifs is 3. The molecule has 3 aromatic rings. The van der Waals surface area contributed by atoms with Gasteiger partial charge in [0, 0.05) is 54.1 Å². The van der Waals surface area contributed by atoms with Gasteiger partial charge >= 0.3 is 0 Å². The van der Waals surface area contributed by atoms with Crippen molar-refractivity contribution in [2.45, 2.75) is 38.9 Å². The molecule has 1 aromatic carbocycles. The van der Waals surface area contributed by atoms with E-state index in [1.807, 2.05) is 28.7 Å². The molecule has 1 aliphatic carbocycles. The molecular formula is C28H30Cl2N8O2. The first-order valence-corrected chi connectivity index (χ1v) is 13.8. The van der Waals surface area contributed by atoms with Crippen molar-refractivity contribution in [2.75, 3.05) is 37.5 Å². The Balaban J connectivity index is 1.34. The molecule has 40 heavy (non-hydrogen) atoms. The highest BCUT2D eigenvalue weighted by Crippen LogP contribution is 2.33. The van der Waals surface area contributed by atoms with Crippen molar-refractivity contribution < 1.29 is 9.47 Å². The van der Waals surface area contributed by atoms with E-state index in [1.165, 1.54) is 0 Å². The number of benzene rings is 1. The Morgan fingerprint density at radius 2 is 1.88 bits per heavy atom. The fraction of sp³-hybridized carbons (Fsp3) is 0.357. The molecule has 12 heteroatoms. The summed E-state index contributed by atoms with van der Waals surface area (Å²) in [5.41, 5.74) is 4.95. The zero-order valence-electron chi connectivity index (χ0n) is 22.7. The number of pyridine rings is 1. The molecule has 10 nitrogen and oxygen atoms in total. The summed E-state index contributed by atoms with van der Waals surface area (Å²) in [6, 6.07) is 8.79. The lowest BCUT2D eigenvalue weighted by atomic mass is 10.0. The van der Waals surface area contributed by atoms with Crippen molar-refractivity contribution in [3.63, 3.8) is 0 Å². The monoisotopic (exact) mass is 580 g/mol. The van der Waals surface area contributed by atoms with Gasteiger partial charge in [0.05, 0.1) is 36.5 Å². The summed E-state index contributed by atoms with van der Waals surface area (Å²) in [5.74, 6) is 1.76. The lowest BCUT2D eigenvalue weighted by molar-refractivity contribution is 0.267. The first-order chi connectivity index (χ1) is 19.3. The fourth-order valence-corrected chi connectivity index (χ4v) is 6.11. The number of halogens is 2. The maximum Gasteiger partial charge on any atom is 0.224 e. The van der Waals surface area contributed by atoms with Gasteiger partial charge in [0.15, 0.2) is 5.65 Å². The lowest BCUT2D eigenvalue weighted by Crippen LogP contribution is -2.54. The van der Waals surface area contributed by atoms with Crippen LogP contribution in [-0.2, 0) is 16.0 Å². The van der Waals surface area contributed by atoms with Gasteiger partial charge in [-0.25, -0.2) is 4.99 Å². The normalized spacial score (nSPS) is 22.4. The highest BCUT2D eigenvalue weighted by atomic mass is 35.5. The van der Waals surface area contributed by atoms with Crippen LogP contribution >= 0.6 is 23.2 Å². The number of aromatic nitrogens is 3. The van der Waals surface area contributed by atoms with Crippen LogP contribution in [0.3, 0.4) is 0 Å². The summed E-state index contributed by atoms with van der Waals surface area (Å²) in [6.07, 6.45) is 3.95. The molecule has 2 aliphatic heterocycles. The van der Waals surface area contributed by atoms with Crippen molar-refractivity contribution in [3.05, 3.63) is 74.5 Å².